The van der Waals surface area contributed by atoms with Crippen molar-refractivity contribution < 1.29 is 14.7 Å². The second kappa shape index (κ2) is 7.03. The topological polar surface area (TPSA) is 78.4 Å². The summed E-state index contributed by atoms with van der Waals surface area (Å²) in [6.07, 6.45) is 1.62. The minimum atomic E-state index is -1.09. The molecule has 1 rings (SSSR count). The van der Waals surface area contributed by atoms with Crippen LogP contribution < -0.4 is 10.6 Å². The van der Waals surface area contributed by atoms with Gasteiger partial charge in [-0.3, -0.25) is 0 Å². The summed E-state index contributed by atoms with van der Waals surface area (Å²) in [5.41, 5.74) is 0. The first-order valence-corrected chi connectivity index (χ1v) is 6.34. The summed E-state index contributed by atoms with van der Waals surface area (Å²) in [7, 11) is 0. The third-order valence-electron chi connectivity index (χ3n) is 2.06. The Morgan fingerprint density at radius 3 is 2.78 bits per heavy atom. The molecule has 18 heavy (non-hydrogen) atoms. The number of urea groups is 1. The molecular weight excluding hydrogens is 276 g/mol. The van der Waals surface area contributed by atoms with Crippen LogP contribution in [0.5, 0.6) is 0 Å². The maximum Gasteiger partial charge on any atom is 0.326 e. The van der Waals surface area contributed by atoms with Gasteiger partial charge in [-0.2, -0.15) is 0 Å². The number of carbonyl (C=O) groups is 2. The Morgan fingerprint density at radius 1 is 1.56 bits per heavy atom. The number of carboxylic acid groups (broad SMARTS) is 1. The molecule has 0 saturated carbocycles. The molecule has 0 aliphatic heterocycles. The van der Waals surface area contributed by atoms with Crippen molar-refractivity contribution in [3.05, 3.63) is 34.0 Å². The predicted molar refractivity (Wildman–Crippen MR) is 70.9 cm³/mol. The van der Waals surface area contributed by atoms with Crippen molar-refractivity contribution in [1.29, 1.82) is 0 Å². The Bertz CT molecular complexity index is 447. The quantitative estimate of drug-likeness (QED) is 0.702. The van der Waals surface area contributed by atoms with Crippen LogP contribution in [0.4, 0.5) is 4.79 Å². The van der Waals surface area contributed by atoms with E-state index in [1.807, 2.05) is 0 Å². The smallest absolute Gasteiger partial charge is 0.326 e. The van der Waals surface area contributed by atoms with Crippen LogP contribution in [0.3, 0.4) is 0 Å². The van der Waals surface area contributed by atoms with Gasteiger partial charge in [0.15, 0.2) is 0 Å². The third-order valence-corrected chi connectivity index (χ3v) is 3.29. The summed E-state index contributed by atoms with van der Waals surface area (Å²) < 4.78 is 0.641. The second-order valence-electron chi connectivity index (χ2n) is 3.45. The van der Waals surface area contributed by atoms with E-state index in [9.17, 15) is 9.59 Å². The molecule has 0 aliphatic rings. The zero-order valence-electron chi connectivity index (χ0n) is 9.48. The fourth-order valence-corrected chi connectivity index (χ4v) is 2.24. The molecule has 3 N–H and O–H groups in total. The van der Waals surface area contributed by atoms with Gasteiger partial charge in [-0.1, -0.05) is 17.7 Å². The number of nitrogens with one attached hydrogen (secondary N) is 2. The molecule has 1 atom stereocenters. The second-order valence-corrected chi connectivity index (χ2v) is 5.25. The molecule has 1 heterocycles. The normalized spacial score (nSPS) is 11.6. The Balaban J connectivity index is 2.40. The largest absolute Gasteiger partial charge is 0.480 e. The molecule has 1 aromatic rings. The van der Waals surface area contributed by atoms with Crippen molar-refractivity contribution in [1.82, 2.24) is 10.6 Å². The van der Waals surface area contributed by atoms with E-state index in [1.54, 1.807) is 12.1 Å². The number of carbonyl (C=O) groups excluding carboxylic acids is 1. The van der Waals surface area contributed by atoms with E-state index in [2.05, 4.69) is 17.2 Å². The van der Waals surface area contributed by atoms with Crippen LogP contribution in [-0.4, -0.2) is 23.1 Å². The standard InChI is InChI=1S/C11H13ClN2O3S/c1-2-3-8(10(15)16)14-11(17)13-6-7-4-5-9(12)18-7/h2,4-5,8H,1,3,6H2,(H,15,16)(H2,13,14,17). The molecule has 0 aromatic carbocycles. The van der Waals surface area contributed by atoms with Gasteiger partial charge in [0.25, 0.3) is 0 Å². The lowest BCUT2D eigenvalue weighted by Gasteiger charge is -2.12. The molecule has 1 aromatic heterocycles. The first kappa shape index (κ1) is 14.5. The van der Waals surface area contributed by atoms with Gasteiger partial charge in [0.1, 0.15) is 6.04 Å². The molecule has 0 spiro atoms. The fraction of sp³-hybridized carbons (Fsp3) is 0.273. The molecule has 98 valence electrons. The number of carboxylic acids is 1. The van der Waals surface area contributed by atoms with Crippen molar-refractivity contribution >= 4 is 34.9 Å². The van der Waals surface area contributed by atoms with Gasteiger partial charge in [0.05, 0.1) is 10.9 Å². The Kier molecular flexibility index (Phi) is 5.67. The van der Waals surface area contributed by atoms with Crippen LogP contribution in [-0.2, 0) is 11.3 Å². The van der Waals surface area contributed by atoms with Crippen LogP contribution in [0.15, 0.2) is 24.8 Å². The number of thiophene rings is 1. The Morgan fingerprint density at radius 2 is 2.28 bits per heavy atom. The van der Waals surface area contributed by atoms with Crippen molar-refractivity contribution in [2.45, 2.75) is 19.0 Å². The molecule has 1 unspecified atom stereocenters. The van der Waals surface area contributed by atoms with E-state index in [4.69, 9.17) is 16.7 Å². The van der Waals surface area contributed by atoms with E-state index in [-0.39, 0.29) is 6.42 Å². The highest BCUT2D eigenvalue weighted by molar-refractivity contribution is 7.16. The molecule has 2 amide bonds. The van der Waals surface area contributed by atoms with Gasteiger partial charge < -0.3 is 15.7 Å². The summed E-state index contributed by atoms with van der Waals surface area (Å²) in [5.74, 6) is -1.09. The fourth-order valence-electron chi connectivity index (χ4n) is 1.21. The maximum atomic E-state index is 11.5. The minimum Gasteiger partial charge on any atom is -0.480 e. The number of rotatable bonds is 6. The lowest BCUT2D eigenvalue weighted by molar-refractivity contribution is -0.139. The number of aliphatic carboxylic acids is 1. The lowest BCUT2D eigenvalue weighted by atomic mass is 10.2. The van der Waals surface area contributed by atoms with Crippen molar-refractivity contribution in [3.8, 4) is 0 Å². The van der Waals surface area contributed by atoms with Gasteiger partial charge >= 0.3 is 12.0 Å². The molecule has 0 bridgehead atoms. The SMILES string of the molecule is C=CCC(NC(=O)NCc1ccc(Cl)s1)C(=O)O. The molecule has 0 saturated heterocycles. The third kappa shape index (κ3) is 4.77. The minimum absolute atomic E-state index is 0.174. The van der Waals surface area contributed by atoms with Crippen LogP contribution in [0.1, 0.15) is 11.3 Å². The predicted octanol–water partition coefficient (Wildman–Crippen LogP) is 2.23. The molecule has 0 radical (unpaired) electrons. The van der Waals surface area contributed by atoms with E-state index in [1.165, 1.54) is 17.4 Å². The highest BCUT2D eigenvalue weighted by atomic mass is 35.5. The highest BCUT2D eigenvalue weighted by Gasteiger charge is 2.17. The van der Waals surface area contributed by atoms with E-state index in [0.717, 1.165) is 4.88 Å². The number of amides is 2. The monoisotopic (exact) mass is 288 g/mol. The number of hydrogen-bond acceptors (Lipinski definition) is 3. The van der Waals surface area contributed by atoms with Crippen molar-refractivity contribution in [2.75, 3.05) is 0 Å². The summed E-state index contributed by atoms with van der Waals surface area (Å²) in [6, 6.07) is 2.04. The van der Waals surface area contributed by atoms with Crippen LogP contribution in [0, 0.1) is 0 Å². The number of halogens is 1. The maximum absolute atomic E-state index is 11.5. The Labute approximate surface area is 113 Å². The van der Waals surface area contributed by atoms with Gasteiger partial charge in [-0.05, 0) is 18.6 Å². The van der Waals surface area contributed by atoms with Gasteiger partial charge in [0.2, 0.25) is 0 Å². The Hall–Kier alpha value is -1.53. The molecule has 0 fully saturated rings. The van der Waals surface area contributed by atoms with Crippen molar-refractivity contribution in [2.24, 2.45) is 0 Å². The van der Waals surface area contributed by atoms with Crippen molar-refractivity contribution in [3.63, 3.8) is 0 Å². The summed E-state index contributed by atoms with van der Waals surface area (Å²) in [6.45, 7) is 3.75. The number of hydrogen-bond donors (Lipinski definition) is 3. The molecule has 0 aliphatic carbocycles. The first-order chi connectivity index (χ1) is 8.52. The van der Waals surface area contributed by atoms with Crippen LogP contribution in [0.25, 0.3) is 0 Å². The molecule has 7 heteroatoms. The lowest BCUT2D eigenvalue weighted by Crippen LogP contribution is -2.45. The van der Waals surface area contributed by atoms with E-state index in [0.29, 0.717) is 10.9 Å². The molecular formula is C11H13ClN2O3S. The molecule has 5 nitrogen and oxygen atoms in total. The zero-order valence-corrected chi connectivity index (χ0v) is 11.1. The van der Waals surface area contributed by atoms with Gasteiger partial charge in [-0.25, -0.2) is 9.59 Å². The van der Waals surface area contributed by atoms with Gasteiger partial charge in [0, 0.05) is 4.88 Å². The van der Waals surface area contributed by atoms with Crippen LogP contribution in [0.2, 0.25) is 4.34 Å². The summed E-state index contributed by atoms with van der Waals surface area (Å²) in [4.78, 5) is 23.2. The first-order valence-electron chi connectivity index (χ1n) is 5.15. The summed E-state index contributed by atoms with van der Waals surface area (Å²) in [5, 5.41) is 13.7. The van der Waals surface area contributed by atoms with E-state index < -0.39 is 18.0 Å². The average Bonchev–Trinajstić information content (AvgIpc) is 2.72. The van der Waals surface area contributed by atoms with Gasteiger partial charge in [-0.15, -0.1) is 17.9 Å². The van der Waals surface area contributed by atoms with E-state index >= 15 is 0 Å². The van der Waals surface area contributed by atoms with Crippen LogP contribution >= 0.6 is 22.9 Å². The summed E-state index contributed by atoms with van der Waals surface area (Å²) >= 11 is 7.10. The highest BCUT2D eigenvalue weighted by Crippen LogP contribution is 2.20. The average molecular weight is 289 g/mol. The zero-order chi connectivity index (χ0) is 13.5.